The van der Waals surface area contributed by atoms with Crippen molar-refractivity contribution < 1.29 is 10.2 Å². The fourth-order valence-corrected chi connectivity index (χ4v) is 8.81. The van der Waals surface area contributed by atoms with Crippen LogP contribution in [-0.4, -0.2) is 19.3 Å². The highest BCUT2D eigenvalue weighted by atomic mass is 16.3. The number of aromatic hydroxyl groups is 2. The Labute approximate surface area is 249 Å². The van der Waals surface area contributed by atoms with E-state index in [1.165, 1.54) is 21.3 Å². The molecule has 7 aromatic rings. The molecule has 2 N–H and O–H groups in total. The number of aromatic nitrogens is 2. The van der Waals surface area contributed by atoms with Crippen LogP contribution in [0.5, 0.6) is 11.8 Å². The molecule has 2 saturated carbocycles. The smallest absolute Gasteiger partial charge is 0.261 e. The fourth-order valence-electron chi connectivity index (χ4n) is 8.81. The van der Waals surface area contributed by atoms with E-state index in [2.05, 4.69) is 0 Å². The third-order valence-corrected chi connectivity index (χ3v) is 10.7. The zero-order valence-corrected chi connectivity index (χ0v) is 24.1. The molecule has 8 nitrogen and oxygen atoms in total. The molecule has 0 spiro atoms. The molecule has 5 aromatic carbocycles. The van der Waals surface area contributed by atoms with Gasteiger partial charge in [-0.25, -0.2) is 0 Å². The Bertz CT molecular complexity index is 2390. The van der Waals surface area contributed by atoms with E-state index in [4.69, 9.17) is 0 Å². The molecular weight excluding hydrogens is 556 g/mol. The van der Waals surface area contributed by atoms with Crippen LogP contribution in [0.25, 0.3) is 64.6 Å². The second kappa shape index (κ2) is 8.91. The lowest BCUT2D eigenvalue weighted by Gasteiger charge is -2.27. The molecule has 0 aliphatic heterocycles. The third kappa shape index (κ3) is 3.13. The number of pyridine rings is 2. The van der Waals surface area contributed by atoms with E-state index in [0.717, 1.165) is 64.2 Å². The van der Waals surface area contributed by atoms with Crippen LogP contribution in [0.1, 0.15) is 76.3 Å². The van der Waals surface area contributed by atoms with Crippen LogP contribution in [0.2, 0.25) is 0 Å². The summed E-state index contributed by atoms with van der Waals surface area (Å²) < 4.78 is 2.92. The number of fused-ring (bicyclic) bond motifs is 2. The average Bonchev–Trinajstić information content (AvgIpc) is 3.04. The predicted octanol–water partition coefficient (Wildman–Crippen LogP) is 6.38. The van der Waals surface area contributed by atoms with E-state index in [1.807, 2.05) is 0 Å². The second-order valence-electron chi connectivity index (χ2n) is 13.0. The minimum Gasteiger partial charge on any atom is -0.494 e. The molecule has 2 fully saturated rings. The van der Waals surface area contributed by atoms with Gasteiger partial charge in [0, 0.05) is 55.2 Å². The first-order valence-corrected chi connectivity index (χ1v) is 15.8. The number of nitrogens with zero attached hydrogens (tertiary/aromatic N) is 2. The summed E-state index contributed by atoms with van der Waals surface area (Å²) in [6.07, 6.45) is 9.22. The van der Waals surface area contributed by atoms with E-state index in [1.54, 1.807) is 24.3 Å². The van der Waals surface area contributed by atoms with Gasteiger partial charge < -0.3 is 10.2 Å². The maximum absolute atomic E-state index is 14.0. The topological polar surface area (TPSA) is 119 Å². The van der Waals surface area contributed by atoms with Gasteiger partial charge in [0.2, 0.25) is 11.8 Å². The van der Waals surface area contributed by atoms with Gasteiger partial charge in [0.05, 0.1) is 10.8 Å². The Morgan fingerprint density at radius 2 is 0.818 bits per heavy atom. The summed E-state index contributed by atoms with van der Waals surface area (Å²) in [5, 5.41) is 28.0. The lowest BCUT2D eigenvalue weighted by Crippen LogP contribution is -2.28. The molecular formula is C36H30N2O6. The lowest BCUT2D eigenvalue weighted by molar-refractivity contribution is 0.308. The summed E-state index contributed by atoms with van der Waals surface area (Å²) in [6, 6.07) is 9.40. The van der Waals surface area contributed by atoms with Crippen molar-refractivity contribution in [2.45, 2.75) is 76.3 Å². The fraction of sp³-hybridized carbons (Fsp3) is 0.333. The van der Waals surface area contributed by atoms with Crippen LogP contribution in [-0.2, 0) is 0 Å². The molecule has 0 amide bonds. The van der Waals surface area contributed by atoms with Gasteiger partial charge >= 0.3 is 0 Å². The quantitative estimate of drug-likeness (QED) is 0.179. The largest absolute Gasteiger partial charge is 0.494 e. The molecule has 8 heteroatoms. The van der Waals surface area contributed by atoms with Crippen molar-refractivity contribution in [3.63, 3.8) is 0 Å². The molecule has 44 heavy (non-hydrogen) atoms. The molecule has 0 unspecified atom stereocenters. The Kier molecular flexibility index (Phi) is 5.21. The molecule has 2 aliphatic rings. The first-order chi connectivity index (χ1) is 21.4. The van der Waals surface area contributed by atoms with E-state index < -0.39 is 11.1 Å². The number of benzene rings is 5. The highest BCUT2D eigenvalue weighted by Crippen LogP contribution is 2.46. The molecule has 9 rings (SSSR count). The summed E-state index contributed by atoms with van der Waals surface area (Å²) in [6.45, 7) is 0. The minimum absolute atomic E-state index is 0.114. The zero-order valence-electron chi connectivity index (χ0n) is 24.1. The van der Waals surface area contributed by atoms with Crippen molar-refractivity contribution in [1.29, 1.82) is 0 Å². The third-order valence-electron chi connectivity index (χ3n) is 10.7. The van der Waals surface area contributed by atoms with Crippen molar-refractivity contribution in [2.75, 3.05) is 0 Å². The normalized spacial score (nSPS) is 17.5. The van der Waals surface area contributed by atoms with E-state index in [0.29, 0.717) is 53.9 Å². The molecule has 2 heterocycles. The van der Waals surface area contributed by atoms with Crippen LogP contribution in [0.4, 0.5) is 0 Å². The Hall–Kier alpha value is -4.72. The van der Waals surface area contributed by atoms with E-state index >= 15 is 0 Å². The molecule has 0 bridgehead atoms. The number of hydrogen-bond acceptors (Lipinski definition) is 6. The van der Waals surface area contributed by atoms with E-state index in [-0.39, 0.29) is 45.5 Å². The highest BCUT2D eigenvalue weighted by Gasteiger charge is 2.29. The van der Waals surface area contributed by atoms with Crippen LogP contribution in [0.15, 0.2) is 55.6 Å². The van der Waals surface area contributed by atoms with Crippen LogP contribution in [0.3, 0.4) is 0 Å². The molecule has 220 valence electrons. The van der Waals surface area contributed by atoms with Crippen molar-refractivity contribution in [2.24, 2.45) is 0 Å². The van der Waals surface area contributed by atoms with Crippen LogP contribution >= 0.6 is 0 Å². The van der Waals surface area contributed by atoms with Gasteiger partial charge in [-0.05, 0) is 60.7 Å². The van der Waals surface area contributed by atoms with Gasteiger partial charge in [0.1, 0.15) is 0 Å². The molecule has 2 aliphatic carbocycles. The van der Waals surface area contributed by atoms with Crippen molar-refractivity contribution >= 4 is 64.6 Å². The SMILES string of the molecule is O=c1cc2c(=O)n(C3CCCCC3)c(O)c3ccc4c5c(=O)cc6c(=O)n(C7CCCCC7)c(O)c7ccc(c1c4c32)c5c76. The number of rotatable bonds is 2. The predicted molar refractivity (Wildman–Crippen MR) is 174 cm³/mol. The van der Waals surface area contributed by atoms with Crippen molar-refractivity contribution in [3.8, 4) is 11.8 Å². The number of hydrogen-bond donors (Lipinski definition) is 2. The molecule has 2 aromatic heterocycles. The maximum Gasteiger partial charge on any atom is 0.261 e. The minimum atomic E-state index is -0.394. The average molecular weight is 587 g/mol. The van der Waals surface area contributed by atoms with E-state index in [9.17, 15) is 29.4 Å². The summed E-state index contributed by atoms with van der Waals surface area (Å²) in [4.78, 5) is 55.9. The first kappa shape index (κ1) is 25.7. The molecule has 0 saturated heterocycles. The maximum atomic E-state index is 14.0. The van der Waals surface area contributed by atoms with Crippen molar-refractivity contribution in [3.05, 3.63) is 77.6 Å². The summed E-state index contributed by atoms with van der Waals surface area (Å²) >= 11 is 0. The lowest BCUT2D eigenvalue weighted by atomic mass is 9.85. The Morgan fingerprint density at radius 1 is 0.455 bits per heavy atom. The second-order valence-corrected chi connectivity index (χ2v) is 13.0. The summed E-state index contributed by atoms with van der Waals surface area (Å²) in [5.74, 6) is -0.228. The van der Waals surface area contributed by atoms with Crippen molar-refractivity contribution in [1.82, 2.24) is 9.13 Å². The van der Waals surface area contributed by atoms with Crippen LogP contribution < -0.4 is 22.0 Å². The van der Waals surface area contributed by atoms with Gasteiger partial charge in [-0.3, -0.25) is 28.3 Å². The van der Waals surface area contributed by atoms with Gasteiger partial charge in [-0.15, -0.1) is 0 Å². The monoisotopic (exact) mass is 586 g/mol. The zero-order chi connectivity index (χ0) is 30.0. The van der Waals surface area contributed by atoms with Gasteiger partial charge in [-0.2, -0.15) is 0 Å². The first-order valence-electron chi connectivity index (χ1n) is 15.8. The van der Waals surface area contributed by atoms with Gasteiger partial charge in [0.25, 0.3) is 11.1 Å². The Morgan fingerprint density at radius 3 is 1.20 bits per heavy atom. The van der Waals surface area contributed by atoms with Crippen LogP contribution in [0, 0.1) is 0 Å². The summed E-state index contributed by atoms with van der Waals surface area (Å²) in [5.41, 5.74) is -1.51. The molecule has 0 atom stereocenters. The highest BCUT2D eigenvalue weighted by molar-refractivity contribution is 6.39. The molecule has 0 radical (unpaired) electrons. The van der Waals surface area contributed by atoms with Gasteiger partial charge in [-0.1, -0.05) is 50.7 Å². The Balaban J connectivity index is 1.46. The standard InChI is InChI=1S/C36H30N2O6/c39-25-15-23-27-21(33(41)37(35(23)43)17-7-3-1-4-8-17)13-11-19-30-26(40)16-24-28-22(14-12-20(32(28)30)29(25)31(19)27)34(42)38(36(24)44)18-9-5-2-6-10-18/h11-18,41-42H,1-10H2. The summed E-state index contributed by atoms with van der Waals surface area (Å²) in [7, 11) is 0. The van der Waals surface area contributed by atoms with Gasteiger partial charge in [0.15, 0.2) is 10.9 Å².